The van der Waals surface area contributed by atoms with Crippen LogP contribution in [0.25, 0.3) is 44.6 Å². The van der Waals surface area contributed by atoms with Crippen LogP contribution in [0, 0.1) is 6.92 Å². The summed E-state index contributed by atoms with van der Waals surface area (Å²) < 4.78 is 19.5. The highest BCUT2D eigenvalue weighted by Crippen LogP contribution is 2.47. The molecule has 10 nitrogen and oxygen atoms in total. The van der Waals surface area contributed by atoms with Crippen LogP contribution in [0.5, 0.6) is 11.5 Å². The fourth-order valence-corrected chi connectivity index (χ4v) is 7.30. The van der Waals surface area contributed by atoms with Crippen molar-refractivity contribution in [3.8, 4) is 34.2 Å². The van der Waals surface area contributed by atoms with E-state index in [-0.39, 0.29) is 5.91 Å². The zero-order chi connectivity index (χ0) is 32.3. The number of imidazole rings is 1. The van der Waals surface area contributed by atoms with E-state index < -0.39 is 5.54 Å². The van der Waals surface area contributed by atoms with Gasteiger partial charge in [0.25, 0.3) is 11.8 Å². The molecule has 2 aliphatic rings. The number of nitrogens with one attached hydrogen (secondary N) is 2. The lowest BCUT2D eigenvalue weighted by Gasteiger charge is -2.24. The highest BCUT2D eigenvalue weighted by molar-refractivity contribution is 6.01. The normalized spacial score (nSPS) is 15.2. The first-order valence-corrected chi connectivity index (χ1v) is 16.4. The molecule has 47 heavy (non-hydrogen) atoms. The molecule has 3 aromatic heterocycles. The standard InChI is InChI=1S/C37H38N6O4/c1-21-38-35(47-42-21)24-11-15-28-29(18-24)40-36(39-28)37(2,3)41-34(44)23-10-13-26-30(19-23)43-16-17-46-31-20-25(45-4)12-14-27(31)33(43)32(26)22-8-6-5-7-9-22/h10-15,18-20,22H,5-9,16-17H2,1-4H3,(H,39,40)(H,41,44). The summed E-state index contributed by atoms with van der Waals surface area (Å²) in [5.41, 5.74) is 6.96. The Morgan fingerprint density at radius 3 is 2.68 bits per heavy atom. The lowest BCUT2D eigenvalue weighted by molar-refractivity contribution is 0.0909. The fraction of sp³-hybridized carbons (Fsp3) is 0.351. The number of carbonyl (C=O) groups is 1. The molecule has 0 bridgehead atoms. The number of ether oxygens (including phenoxy) is 2. The van der Waals surface area contributed by atoms with Crippen molar-refractivity contribution in [3.63, 3.8) is 0 Å². The molecular weight excluding hydrogens is 592 g/mol. The van der Waals surface area contributed by atoms with E-state index in [9.17, 15) is 4.79 Å². The lowest BCUT2D eigenvalue weighted by atomic mass is 9.81. The van der Waals surface area contributed by atoms with Crippen LogP contribution in [0.15, 0.2) is 59.1 Å². The number of amides is 1. The minimum absolute atomic E-state index is 0.163. The number of aryl methyl sites for hydroxylation is 1. The van der Waals surface area contributed by atoms with Crippen molar-refractivity contribution < 1.29 is 18.8 Å². The second kappa shape index (κ2) is 11.3. The summed E-state index contributed by atoms with van der Waals surface area (Å²) in [6, 6.07) is 18.0. The lowest BCUT2D eigenvalue weighted by Crippen LogP contribution is -2.41. The van der Waals surface area contributed by atoms with E-state index in [4.69, 9.17) is 19.0 Å². The summed E-state index contributed by atoms with van der Waals surface area (Å²) in [5.74, 6) is 3.60. The molecule has 10 heteroatoms. The average molecular weight is 631 g/mol. The Bertz CT molecular complexity index is 2150. The first-order valence-electron chi connectivity index (χ1n) is 16.4. The maximum atomic E-state index is 13.9. The van der Waals surface area contributed by atoms with Crippen molar-refractivity contribution in [3.05, 3.63) is 77.4 Å². The van der Waals surface area contributed by atoms with E-state index in [1.54, 1.807) is 14.0 Å². The predicted octanol–water partition coefficient (Wildman–Crippen LogP) is 7.66. The van der Waals surface area contributed by atoms with Crippen molar-refractivity contribution in [1.29, 1.82) is 0 Å². The van der Waals surface area contributed by atoms with E-state index in [1.807, 2.05) is 56.3 Å². The maximum Gasteiger partial charge on any atom is 0.257 e. The van der Waals surface area contributed by atoms with Crippen molar-refractivity contribution >= 4 is 27.8 Å². The van der Waals surface area contributed by atoms with Gasteiger partial charge < -0.3 is 28.9 Å². The monoisotopic (exact) mass is 630 g/mol. The Morgan fingerprint density at radius 2 is 1.89 bits per heavy atom. The molecule has 3 aromatic carbocycles. The second-order valence-electron chi connectivity index (χ2n) is 13.2. The van der Waals surface area contributed by atoms with Gasteiger partial charge in [0.1, 0.15) is 23.9 Å². The molecule has 0 saturated heterocycles. The smallest absolute Gasteiger partial charge is 0.257 e. The molecule has 1 amide bonds. The van der Waals surface area contributed by atoms with E-state index in [0.717, 1.165) is 39.2 Å². The molecule has 1 fully saturated rings. The number of H-pyrrole nitrogens is 1. The van der Waals surface area contributed by atoms with Crippen LogP contribution in [0.3, 0.4) is 0 Å². The quantitative estimate of drug-likeness (QED) is 0.194. The largest absolute Gasteiger partial charge is 0.497 e. The number of aromatic nitrogens is 5. The second-order valence-corrected chi connectivity index (χ2v) is 13.2. The summed E-state index contributed by atoms with van der Waals surface area (Å²) >= 11 is 0. The Kier molecular flexibility index (Phi) is 7.04. The molecule has 0 spiro atoms. The molecule has 6 aromatic rings. The topological polar surface area (TPSA) is 120 Å². The average Bonchev–Trinajstić information content (AvgIpc) is 3.77. The maximum absolute atomic E-state index is 13.9. The molecule has 240 valence electrons. The summed E-state index contributed by atoms with van der Waals surface area (Å²) in [7, 11) is 1.68. The molecule has 8 rings (SSSR count). The van der Waals surface area contributed by atoms with E-state index >= 15 is 0 Å². The van der Waals surface area contributed by atoms with E-state index in [1.165, 1.54) is 48.7 Å². The zero-order valence-electron chi connectivity index (χ0n) is 27.1. The molecule has 1 aliphatic heterocycles. The van der Waals surface area contributed by atoms with Crippen molar-refractivity contribution in [2.24, 2.45) is 0 Å². The van der Waals surface area contributed by atoms with Crippen molar-refractivity contribution in [2.45, 2.75) is 70.9 Å². The van der Waals surface area contributed by atoms with Gasteiger partial charge >= 0.3 is 0 Å². The third-order valence-corrected chi connectivity index (χ3v) is 9.67. The molecule has 1 aliphatic carbocycles. The third-order valence-electron chi connectivity index (χ3n) is 9.67. The summed E-state index contributed by atoms with van der Waals surface area (Å²) in [4.78, 5) is 26.5. The molecular formula is C37H38N6O4. The van der Waals surface area contributed by atoms with Crippen LogP contribution in [0.2, 0.25) is 0 Å². The van der Waals surface area contributed by atoms with Crippen LogP contribution < -0.4 is 14.8 Å². The molecule has 4 heterocycles. The van der Waals surface area contributed by atoms with Crippen LogP contribution in [-0.2, 0) is 12.1 Å². The first-order chi connectivity index (χ1) is 22.8. The highest BCUT2D eigenvalue weighted by Gasteiger charge is 2.31. The van der Waals surface area contributed by atoms with Gasteiger partial charge in [-0.05, 0) is 87.6 Å². The summed E-state index contributed by atoms with van der Waals surface area (Å²) in [5, 5.41) is 8.35. The van der Waals surface area contributed by atoms with Gasteiger partial charge in [-0.3, -0.25) is 4.79 Å². The first kappa shape index (κ1) is 29.3. The molecule has 2 N–H and O–H groups in total. The van der Waals surface area contributed by atoms with Gasteiger partial charge in [0.05, 0.1) is 35.9 Å². The number of fused-ring (bicyclic) bond motifs is 6. The Morgan fingerprint density at radius 1 is 1.04 bits per heavy atom. The zero-order valence-corrected chi connectivity index (χ0v) is 27.1. The molecule has 0 atom stereocenters. The summed E-state index contributed by atoms with van der Waals surface area (Å²) in [6.07, 6.45) is 6.09. The highest BCUT2D eigenvalue weighted by atomic mass is 16.5. The number of carbonyl (C=O) groups excluding carboxylic acids is 1. The van der Waals surface area contributed by atoms with Crippen molar-refractivity contribution in [1.82, 2.24) is 30.0 Å². The molecule has 0 radical (unpaired) electrons. The number of rotatable bonds is 6. The number of benzene rings is 3. The minimum Gasteiger partial charge on any atom is -0.497 e. The number of nitrogens with zero attached hydrogens (tertiary/aromatic N) is 4. The number of hydrogen-bond donors (Lipinski definition) is 2. The molecule has 1 saturated carbocycles. The Hall–Kier alpha value is -5.12. The third kappa shape index (κ3) is 5.12. The minimum atomic E-state index is -0.776. The Balaban J connectivity index is 1.15. The van der Waals surface area contributed by atoms with E-state index in [0.29, 0.717) is 42.2 Å². The van der Waals surface area contributed by atoms with Gasteiger partial charge in [-0.25, -0.2) is 4.98 Å². The van der Waals surface area contributed by atoms with Gasteiger partial charge in [0.15, 0.2) is 5.82 Å². The Labute approximate surface area is 272 Å². The van der Waals surface area contributed by atoms with Crippen LogP contribution in [-0.4, -0.2) is 44.3 Å². The van der Waals surface area contributed by atoms with E-state index in [2.05, 4.69) is 37.1 Å². The van der Waals surface area contributed by atoms with Gasteiger partial charge in [-0.1, -0.05) is 30.5 Å². The van der Waals surface area contributed by atoms with Gasteiger partial charge in [0, 0.05) is 33.7 Å². The predicted molar refractivity (Wildman–Crippen MR) is 180 cm³/mol. The SMILES string of the molecule is COc1ccc2c(c1)OCCn1c-2c(C2CCCCC2)c2ccc(C(=O)NC(C)(C)c3nc4ccc(-c5nc(C)no5)cc4[nH]3)cc21. The van der Waals surface area contributed by atoms with Gasteiger partial charge in [0.2, 0.25) is 0 Å². The number of methoxy groups -OCH3 is 1. The number of aromatic amines is 1. The molecule has 0 unspecified atom stereocenters. The van der Waals surface area contributed by atoms with Crippen molar-refractivity contribution in [2.75, 3.05) is 13.7 Å². The number of hydrogen-bond acceptors (Lipinski definition) is 7. The van der Waals surface area contributed by atoms with Crippen LogP contribution in [0.1, 0.15) is 79.4 Å². The summed E-state index contributed by atoms with van der Waals surface area (Å²) in [6.45, 7) is 6.92. The van der Waals surface area contributed by atoms with Crippen LogP contribution >= 0.6 is 0 Å². The van der Waals surface area contributed by atoms with Gasteiger partial charge in [-0.15, -0.1) is 0 Å². The van der Waals surface area contributed by atoms with Crippen LogP contribution in [0.4, 0.5) is 0 Å². The van der Waals surface area contributed by atoms with Gasteiger partial charge in [-0.2, -0.15) is 4.98 Å². The fourth-order valence-electron chi connectivity index (χ4n) is 7.30.